The Balaban J connectivity index is 4.71. The molecule has 352 valence electrons. The van der Waals surface area contributed by atoms with Crippen LogP contribution in [-0.4, -0.2) is 46.9 Å². The predicted molar refractivity (Wildman–Crippen MR) is 264 cm³/mol. The summed E-state index contributed by atoms with van der Waals surface area (Å²) in [6, 6.07) is -0.719. The smallest absolute Gasteiger partial charge is 0.306 e. The van der Waals surface area contributed by atoms with Crippen LogP contribution in [-0.2, 0) is 14.3 Å². The second-order valence-corrected chi connectivity index (χ2v) is 17.2. The molecule has 0 aliphatic carbocycles. The Morgan fingerprint density at radius 1 is 0.475 bits per heavy atom. The number of aliphatic hydroxyl groups excluding tert-OH is 2. The van der Waals surface area contributed by atoms with Crippen LogP contribution in [0.3, 0.4) is 0 Å². The number of esters is 1. The summed E-state index contributed by atoms with van der Waals surface area (Å²) < 4.78 is 5.90. The van der Waals surface area contributed by atoms with Gasteiger partial charge in [-0.05, 0) is 96.3 Å². The standard InChI is InChI=1S/C55H97NO5/c1-4-7-10-13-16-19-22-24-26-27-29-31-33-36-39-42-45-48-55(60)61-51(46-43-40-37-34-32-30-28-25-23-20-17-14-11-8-5-2)49-54(59)56-52(50-57)53(58)47-44-41-38-35-21-18-15-12-9-6-3/h16-17,19-20,24-26,28-29,31,36,39,51-53,57-58H,4-15,18,21-23,27,30,32-35,37-38,40-50H2,1-3H3,(H,56,59)/b19-16-,20-17-,26-24-,28-25-,31-29-,39-36-. The fraction of sp³-hybridized carbons (Fsp3) is 0.745. The molecule has 3 atom stereocenters. The number of aliphatic hydroxyl groups is 2. The third-order valence-electron chi connectivity index (χ3n) is 11.3. The molecule has 6 heteroatoms. The lowest BCUT2D eigenvalue weighted by molar-refractivity contribution is -0.151. The molecule has 0 aliphatic rings. The van der Waals surface area contributed by atoms with E-state index in [1.807, 2.05) is 0 Å². The van der Waals surface area contributed by atoms with E-state index in [0.29, 0.717) is 25.7 Å². The van der Waals surface area contributed by atoms with E-state index in [0.717, 1.165) is 83.5 Å². The Morgan fingerprint density at radius 3 is 1.30 bits per heavy atom. The van der Waals surface area contributed by atoms with Crippen LogP contribution in [0.4, 0.5) is 0 Å². The highest BCUT2D eigenvalue weighted by atomic mass is 16.5. The van der Waals surface area contributed by atoms with Crippen molar-refractivity contribution in [3.05, 3.63) is 72.9 Å². The quantitative estimate of drug-likeness (QED) is 0.0322. The van der Waals surface area contributed by atoms with Crippen molar-refractivity contribution in [2.24, 2.45) is 0 Å². The van der Waals surface area contributed by atoms with Crippen LogP contribution in [0.25, 0.3) is 0 Å². The van der Waals surface area contributed by atoms with Crippen LogP contribution in [0, 0.1) is 0 Å². The van der Waals surface area contributed by atoms with E-state index in [9.17, 15) is 19.8 Å². The Hall–Kier alpha value is -2.70. The van der Waals surface area contributed by atoms with Gasteiger partial charge in [0.05, 0.1) is 25.2 Å². The number of nitrogens with one attached hydrogen (secondary N) is 1. The first-order chi connectivity index (χ1) is 30.0. The average Bonchev–Trinajstić information content (AvgIpc) is 3.25. The average molecular weight is 852 g/mol. The summed E-state index contributed by atoms with van der Waals surface area (Å²) in [7, 11) is 0. The number of allylic oxidation sites excluding steroid dienone is 12. The summed E-state index contributed by atoms with van der Waals surface area (Å²) in [5.41, 5.74) is 0. The van der Waals surface area contributed by atoms with E-state index in [1.165, 1.54) is 103 Å². The van der Waals surface area contributed by atoms with E-state index in [-0.39, 0.29) is 24.9 Å². The van der Waals surface area contributed by atoms with Crippen molar-refractivity contribution in [1.82, 2.24) is 5.32 Å². The lowest BCUT2D eigenvalue weighted by Crippen LogP contribution is -2.46. The van der Waals surface area contributed by atoms with Crippen LogP contribution in [0.1, 0.15) is 239 Å². The molecule has 61 heavy (non-hydrogen) atoms. The van der Waals surface area contributed by atoms with Crippen molar-refractivity contribution in [2.75, 3.05) is 6.61 Å². The largest absolute Gasteiger partial charge is 0.462 e. The minimum atomic E-state index is -0.802. The van der Waals surface area contributed by atoms with E-state index in [4.69, 9.17) is 4.74 Å². The van der Waals surface area contributed by atoms with Gasteiger partial charge in [-0.3, -0.25) is 9.59 Å². The Labute approximate surface area is 377 Å². The number of carbonyl (C=O) groups excluding carboxylic acids is 2. The summed E-state index contributed by atoms with van der Waals surface area (Å²) >= 11 is 0. The molecule has 1 amide bonds. The molecule has 0 aliphatic heterocycles. The van der Waals surface area contributed by atoms with Gasteiger partial charge in [0.2, 0.25) is 5.91 Å². The van der Waals surface area contributed by atoms with E-state index in [2.05, 4.69) is 99.0 Å². The number of hydrogen-bond acceptors (Lipinski definition) is 5. The molecular weight excluding hydrogens is 755 g/mol. The predicted octanol–water partition coefficient (Wildman–Crippen LogP) is 15.4. The minimum absolute atomic E-state index is 0.0439. The second-order valence-electron chi connectivity index (χ2n) is 17.2. The maximum atomic E-state index is 13.2. The second kappa shape index (κ2) is 48.3. The van der Waals surface area contributed by atoms with Gasteiger partial charge < -0.3 is 20.3 Å². The molecule has 3 unspecified atom stereocenters. The molecule has 6 nitrogen and oxygen atoms in total. The summed E-state index contributed by atoms with van der Waals surface area (Å²) in [5, 5.41) is 23.7. The molecule has 0 aromatic rings. The van der Waals surface area contributed by atoms with Crippen LogP contribution < -0.4 is 5.32 Å². The zero-order valence-corrected chi connectivity index (χ0v) is 40.0. The monoisotopic (exact) mass is 852 g/mol. The zero-order valence-electron chi connectivity index (χ0n) is 40.0. The molecule has 0 aromatic heterocycles. The third-order valence-corrected chi connectivity index (χ3v) is 11.3. The summed E-state index contributed by atoms with van der Waals surface area (Å²) in [4.78, 5) is 26.1. The van der Waals surface area contributed by atoms with Crippen molar-refractivity contribution < 1.29 is 24.5 Å². The number of carbonyl (C=O) groups is 2. The van der Waals surface area contributed by atoms with Gasteiger partial charge in [0.1, 0.15) is 6.10 Å². The molecule has 0 fully saturated rings. The Bertz CT molecular complexity index is 1140. The van der Waals surface area contributed by atoms with Crippen LogP contribution >= 0.6 is 0 Å². The first kappa shape index (κ1) is 58.3. The van der Waals surface area contributed by atoms with Crippen LogP contribution in [0.15, 0.2) is 72.9 Å². The van der Waals surface area contributed by atoms with Crippen molar-refractivity contribution in [3.8, 4) is 0 Å². The van der Waals surface area contributed by atoms with Crippen LogP contribution in [0.2, 0.25) is 0 Å². The van der Waals surface area contributed by atoms with Gasteiger partial charge in [-0.25, -0.2) is 0 Å². The lowest BCUT2D eigenvalue weighted by Gasteiger charge is -2.24. The highest BCUT2D eigenvalue weighted by molar-refractivity contribution is 5.77. The van der Waals surface area contributed by atoms with Crippen molar-refractivity contribution >= 4 is 11.9 Å². The van der Waals surface area contributed by atoms with Gasteiger partial charge >= 0.3 is 5.97 Å². The van der Waals surface area contributed by atoms with Gasteiger partial charge in [-0.15, -0.1) is 0 Å². The molecule has 3 N–H and O–H groups in total. The summed E-state index contributed by atoms with van der Waals surface area (Å²) in [6.07, 6.45) is 61.0. The van der Waals surface area contributed by atoms with E-state index in [1.54, 1.807) is 0 Å². The zero-order chi connectivity index (χ0) is 44.5. The first-order valence-corrected chi connectivity index (χ1v) is 25.7. The first-order valence-electron chi connectivity index (χ1n) is 25.7. The third kappa shape index (κ3) is 43.7. The molecule has 0 radical (unpaired) electrons. The number of amides is 1. The maximum Gasteiger partial charge on any atom is 0.306 e. The topological polar surface area (TPSA) is 95.9 Å². The number of rotatable bonds is 45. The molecule has 0 spiro atoms. The normalized spacial score (nSPS) is 13.9. The van der Waals surface area contributed by atoms with Crippen molar-refractivity contribution in [1.29, 1.82) is 0 Å². The van der Waals surface area contributed by atoms with Gasteiger partial charge in [0, 0.05) is 6.42 Å². The summed E-state index contributed by atoms with van der Waals surface area (Å²) in [6.45, 7) is 6.40. The molecule has 0 heterocycles. The van der Waals surface area contributed by atoms with Gasteiger partial charge in [0.25, 0.3) is 0 Å². The van der Waals surface area contributed by atoms with Crippen LogP contribution in [0.5, 0.6) is 0 Å². The molecule has 0 saturated heterocycles. The Kier molecular flexibility index (Phi) is 46.2. The van der Waals surface area contributed by atoms with Gasteiger partial charge in [0.15, 0.2) is 0 Å². The fourth-order valence-corrected chi connectivity index (χ4v) is 7.33. The number of hydrogen-bond donors (Lipinski definition) is 3. The highest BCUT2D eigenvalue weighted by Crippen LogP contribution is 2.17. The van der Waals surface area contributed by atoms with Gasteiger partial charge in [-0.1, -0.05) is 203 Å². The molecule has 0 aromatic carbocycles. The van der Waals surface area contributed by atoms with Crippen molar-refractivity contribution in [2.45, 2.75) is 257 Å². The molecular formula is C55H97NO5. The maximum absolute atomic E-state index is 13.2. The number of ether oxygens (including phenoxy) is 1. The van der Waals surface area contributed by atoms with Gasteiger partial charge in [-0.2, -0.15) is 0 Å². The van der Waals surface area contributed by atoms with Crippen molar-refractivity contribution in [3.63, 3.8) is 0 Å². The highest BCUT2D eigenvalue weighted by Gasteiger charge is 2.24. The molecule has 0 rings (SSSR count). The molecule has 0 saturated carbocycles. The summed E-state index contributed by atoms with van der Waals surface area (Å²) in [5.74, 6) is -0.557. The number of unbranched alkanes of at least 4 members (excludes halogenated alkanes) is 21. The Morgan fingerprint density at radius 2 is 0.836 bits per heavy atom. The van der Waals surface area contributed by atoms with E-state index >= 15 is 0 Å². The molecule has 0 bridgehead atoms. The fourth-order valence-electron chi connectivity index (χ4n) is 7.33. The SMILES string of the molecule is CCCCC/C=C\C/C=C\C/C=C\C/C=C\CCCC(=O)OC(CCCCCCC/C=C\C/C=C\CCCCC)CC(=O)NC(CO)C(O)CCCCCCCCCCCC. The minimum Gasteiger partial charge on any atom is -0.462 e. The van der Waals surface area contributed by atoms with E-state index < -0.39 is 18.2 Å². The lowest BCUT2D eigenvalue weighted by atomic mass is 10.0.